The summed E-state index contributed by atoms with van der Waals surface area (Å²) in [6.45, 7) is 9.39. The van der Waals surface area contributed by atoms with Crippen molar-refractivity contribution in [1.29, 1.82) is 0 Å². The first kappa shape index (κ1) is 11.0. The maximum Gasteiger partial charge on any atom is -0.0165 e. The van der Waals surface area contributed by atoms with Crippen molar-refractivity contribution in [2.75, 3.05) is 0 Å². The Hall–Kier alpha value is -0.520. The van der Waals surface area contributed by atoms with E-state index in [1.165, 1.54) is 32.1 Å². The Morgan fingerprint density at radius 1 is 1.40 bits per heavy atom. The predicted octanol–water partition coefficient (Wildman–Crippen LogP) is 4.87. The van der Waals surface area contributed by atoms with Crippen molar-refractivity contribution in [2.24, 2.45) is 11.3 Å². The number of rotatable bonds is 3. The quantitative estimate of drug-likeness (QED) is 0.615. The molecular weight excluding hydrogens is 180 g/mol. The lowest BCUT2D eigenvalue weighted by Gasteiger charge is -2.12. The van der Waals surface area contributed by atoms with Crippen molar-refractivity contribution >= 4 is 0 Å². The lowest BCUT2D eigenvalue weighted by Crippen LogP contribution is -1.96. The van der Waals surface area contributed by atoms with Gasteiger partial charge < -0.3 is 0 Å². The highest BCUT2D eigenvalue weighted by Crippen LogP contribution is 2.59. The molecule has 0 aromatic rings. The summed E-state index contributed by atoms with van der Waals surface area (Å²) in [5.41, 5.74) is 5.51. The van der Waals surface area contributed by atoms with Crippen LogP contribution in [-0.2, 0) is 0 Å². The Morgan fingerprint density at radius 3 is 2.80 bits per heavy atom. The van der Waals surface area contributed by atoms with E-state index in [2.05, 4.69) is 33.8 Å². The molecule has 0 bridgehead atoms. The van der Waals surface area contributed by atoms with E-state index in [1.54, 1.807) is 16.7 Å². The second-order valence-corrected chi connectivity index (χ2v) is 5.84. The molecule has 84 valence electrons. The van der Waals surface area contributed by atoms with E-state index in [0.717, 1.165) is 5.92 Å². The molecule has 0 saturated heterocycles. The van der Waals surface area contributed by atoms with Gasteiger partial charge in [-0.1, -0.05) is 31.9 Å². The number of allylic oxidation sites excluding steroid dienone is 4. The predicted molar refractivity (Wildman–Crippen MR) is 66.8 cm³/mol. The molecule has 2 aliphatic carbocycles. The second kappa shape index (κ2) is 3.81. The van der Waals surface area contributed by atoms with Crippen LogP contribution in [0.1, 0.15) is 59.8 Å². The summed E-state index contributed by atoms with van der Waals surface area (Å²) in [6, 6.07) is 0. The number of hydrogen-bond donors (Lipinski definition) is 0. The zero-order valence-electron chi connectivity index (χ0n) is 10.7. The first-order chi connectivity index (χ1) is 7.07. The van der Waals surface area contributed by atoms with E-state index in [0.29, 0.717) is 5.41 Å². The Kier molecular flexibility index (Phi) is 2.79. The first-order valence-electron chi connectivity index (χ1n) is 6.44. The second-order valence-electron chi connectivity index (χ2n) is 5.84. The van der Waals surface area contributed by atoms with Crippen LogP contribution in [0, 0.1) is 11.3 Å². The highest BCUT2D eigenvalue weighted by Gasteiger charge is 2.49. The van der Waals surface area contributed by atoms with Crippen LogP contribution < -0.4 is 0 Å². The molecule has 1 saturated carbocycles. The van der Waals surface area contributed by atoms with Crippen LogP contribution in [0.2, 0.25) is 0 Å². The Balaban J connectivity index is 2.19. The fourth-order valence-electron chi connectivity index (χ4n) is 2.93. The van der Waals surface area contributed by atoms with Gasteiger partial charge in [-0.05, 0) is 62.0 Å². The molecule has 0 aromatic heterocycles. The number of unbranched alkanes of at least 4 members (excludes halogenated alkanes) is 1. The summed E-state index contributed by atoms with van der Waals surface area (Å²) < 4.78 is 0. The van der Waals surface area contributed by atoms with Crippen LogP contribution in [-0.4, -0.2) is 0 Å². The summed E-state index contributed by atoms with van der Waals surface area (Å²) in [7, 11) is 0. The SMILES string of the molecule is CCCCC1=CC2CC2(C)CC(C)=C1C. The van der Waals surface area contributed by atoms with Gasteiger partial charge in [-0.25, -0.2) is 0 Å². The smallest absolute Gasteiger partial charge is 0.0165 e. The molecular formula is C15H24. The van der Waals surface area contributed by atoms with Crippen molar-refractivity contribution in [2.45, 2.75) is 59.8 Å². The summed E-state index contributed by atoms with van der Waals surface area (Å²) in [5, 5.41) is 0. The van der Waals surface area contributed by atoms with Crippen molar-refractivity contribution in [3.05, 3.63) is 22.8 Å². The van der Waals surface area contributed by atoms with Gasteiger partial charge in [0.1, 0.15) is 0 Å². The van der Waals surface area contributed by atoms with Gasteiger partial charge in [-0.2, -0.15) is 0 Å². The van der Waals surface area contributed by atoms with Crippen LogP contribution in [0.4, 0.5) is 0 Å². The molecule has 2 atom stereocenters. The molecule has 0 aliphatic heterocycles. The number of hydrogen-bond acceptors (Lipinski definition) is 0. The zero-order valence-corrected chi connectivity index (χ0v) is 10.7. The molecule has 0 aromatic carbocycles. The van der Waals surface area contributed by atoms with Crippen LogP contribution in [0.25, 0.3) is 0 Å². The zero-order chi connectivity index (χ0) is 11.1. The fraction of sp³-hybridized carbons (Fsp3) is 0.733. The monoisotopic (exact) mass is 204 g/mol. The normalized spacial score (nSPS) is 34.7. The lowest BCUT2D eigenvalue weighted by atomic mass is 9.94. The van der Waals surface area contributed by atoms with Crippen molar-refractivity contribution in [3.63, 3.8) is 0 Å². The minimum absolute atomic E-state index is 0.624. The molecule has 0 N–H and O–H groups in total. The third-order valence-electron chi connectivity index (χ3n) is 4.41. The topological polar surface area (TPSA) is 0 Å². The summed E-state index contributed by atoms with van der Waals surface area (Å²) in [4.78, 5) is 0. The van der Waals surface area contributed by atoms with E-state index in [4.69, 9.17) is 0 Å². The van der Waals surface area contributed by atoms with Crippen molar-refractivity contribution in [1.82, 2.24) is 0 Å². The molecule has 0 heterocycles. The molecule has 0 radical (unpaired) electrons. The Labute approximate surface area is 94.5 Å². The molecule has 0 heteroatoms. The third-order valence-corrected chi connectivity index (χ3v) is 4.41. The van der Waals surface area contributed by atoms with E-state index >= 15 is 0 Å². The summed E-state index contributed by atoms with van der Waals surface area (Å²) in [6.07, 6.45) is 9.29. The van der Waals surface area contributed by atoms with Gasteiger partial charge in [0.05, 0.1) is 0 Å². The molecule has 2 rings (SSSR count). The highest BCUT2D eigenvalue weighted by atomic mass is 14.5. The van der Waals surface area contributed by atoms with Gasteiger partial charge in [0, 0.05) is 0 Å². The van der Waals surface area contributed by atoms with Crippen LogP contribution >= 0.6 is 0 Å². The molecule has 0 nitrogen and oxygen atoms in total. The Bertz CT molecular complexity index is 319. The maximum absolute atomic E-state index is 2.58. The molecule has 0 spiro atoms. The molecule has 15 heavy (non-hydrogen) atoms. The largest absolute Gasteiger partial charge is 0.0774 e. The van der Waals surface area contributed by atoms with Crippen molar-refractivity contribution < 1.29 is 0 Å². The van der Waals surface area contributed by atoms with Crippen LogP contribution in [0.5, 0.6) is 0 Å². The average molecular weight is 204 g/mol. The van der Waals surface area contributed by atoms with Gasteiger partial charge in [0.15, 0.2) is 0 Å². The minimum Gasteiger partial charge on any atom is -0.0774 e. The van der Waals surface area contributed by atoms with Gasteiger partial charge in [-0.15, -0.1) is 0 Å². The van der Waals surface area contributed by atoms with E-state index in [1.807, 2.05) is 0 Å². The highest BCUT2D eigenvalue weighted by molar-refractivity contribution is 5.39. The summed E-state index contributed by atoms with van der Waals surface area (Å²) in [5.74, 6) is 0.886. The Morgan fingerprint density at radius 2 is 2.13 bits per heavy atom. The van der Waals surface area contributed by atoms with Gasteiger partial charge in [-0.3, -0.25) is 0 Å². The summed E-state index contributed by atoms with van der Waals surface area (Å²) >= 11 is 0. The van der Waals surface area contributed by atoms with Gasteiger partial charge in [0.2, 0.25) is 0 Å². The fourth-order valence-corrected chi connectivity index (χ4v) is 2.93. The van der Waals surface area contributed by atoms with Gasteiger partial charge >= 0.3 is 0 Å². The maximum atomic E-state index is 2.58. The van der Waals surface area contributed by atoms with Crippen LogP contribution in [0.3, 0.4) is 0 Å². The van der Waals surface area contributed by atoms with E-state index in [-0.39, 0.29) is 0 Å². The van der Waals surface area contributed by atoms with E-state index in [9.17, 15) is 0 Å². The molecule has 0 amide bonds. The minimum atomic E-state index is 0.624. The standard InChI is InChI=1S/C15H24/c1-5-6-7-13-8-14-10-15(14,4)9-11(2)12(13)3/h8,14H,5-7,9-10H2,1-4H3. The molecule has 1 fully saturated rings. The van der Waals surface area contributed by atoms with Crippen LogP contribution in [0.15, 0.2) is 22.8 Å². The first-order valence-corrected chi connectivity index (χ1v) is 6.44. The number of fused-ring (bicyclic) bond motifs is 1. The van der Waals surface area contributed by atoms with Gasteiger partial charge in [0.25, 0.3) is 0 Å². The molecule has 2 aliphatic rings. The van der Waals surface area contributed by atoms with E-state index < -0.39 is 0 Å². The lowest BCUT2D eigenvalue weighted by molar-refractivity contribution is 0.535. The third kappa shape index (κ3) is 2.04. The molecule has 2 unspecified atom stereocenters. The van der Waals surface area contributed by atoms with Crippen molar-refractivity contribution in [3.8, 4) is 0 Å². The average Bonchev–Trinajstić information content (AvgIpc) is 2.82.